The van der Waals surface area contributed by atoms with Crippen LogP contribution >= 0.6 is 23.2 Å². The number of hydrogen-bond donors (Lipinski definition) is 0. The van der Waals surface area contributed by atoms with Gasteiger partial charge in [0.1, 0.15) is 11.6 Å². The van der Waals surface area contributed by atoms with E-state index in [1.807, 2.05) is 29.7 Å². The number of halogens is 3. The summed E-state index contributed by atoms with van der Waals surface area (Å²) in [7, 11) is 0. The second kappa shape index (κ2) is 5.66. The Bertz CT molecular complexity index is 811. The van der Waals surface area contributed by atoms with Crippen molar-refractivity contribution in [3.63, 3.8) is 0 Å². The van der Waals surface area contributed by atoms with Gasteiger partial charge < -0.3 is 0 Å². The molecule has 0 aliphatic rings. The van der Waals surface area contributed by atoms with Gasteiger partial charge in [-0.1, -0.05) is 17.7 Å². The maximum atomic E-state index is 13.6. The van der Waals surface area contributed by atoms with Crippen LogP contribution in [0, 0.1) is 12.7 Å². The normalized spacial score (nSPS) is 11.2. The first-order chi connectivity index (χ1) is 10.1. The molecule has 3 rings (SSSR count). The van der Waals surface area contributed by atoms with Gasteiger partial charge >= 0.3 is 0 Å². The summed E-state index contributed by atoms with van der Waals surface area (Å²) in [6, 6.07) is 10.3. The molecule has 0 radical (unpaired) electrons. The first-order valence-electron chi connectivity index (χ1n) is 6.59. The Balaban J connectivity index is 2.32. The number of nitrogens with zero attached hydrogens (tertiary/aromatic N) is 2. The average Bonchev–Trinajstić information content (AvgIpc) is 2.77. The van der Waals surface area contributed by atoms with Gasteiger partial charge in [0.05, 0.1) is 21.7 Å². The number of aromatic nitrogens is 2. The molecule has 5 heteroatoms. The first-order valence-corrected chi connectivity index (χ1v) is 7.51. The van der Waals surface area contributed by atoms with E-state index in [-0.39, 0.29) is 5.82 Å². The molecule has 0 aliphatic heterocycles. The summed E-state index contributed by atoms with van der Waals surface area (Å²) >= 11 is 12.2. The van der Waals surface area contributed by atoms with Crippen LogP contribution in [-0.2, 0) is 6.42 Å². The molecule has 0 aliphatic carbocycles. The van der Waals surface area contributed by atoms with Crippen LogP contribution < -0.4 is 0 Å². The summed E-state index contributed by atoms with van der Waals surface area (Å²) in [5.41, 5.74) is 3.28. The third-order valence-electron chi connectivity index (χ3n) is 3.35. The van der Waals surface area contributed by atoms with Crippen LogP contribution in [-0.4, -0.2) is 15.4 Å². The van der Waals surface area contributed by atoms with E-state index in [0.717, 1.165) is 22.6 Å². The van der Waals surface area contributed by atoms with Crippen molar-refractivity contribution in [3.05, 3.63) is 58.6 Å². The van der Waals surface area contributed by atoms with E-state index >= 15 is 0 Å². The van der Waals surface area contributed by atoms with Gasteiger partial charge in [0, 0.05) is 18.4 Å². The van der Waals surface area contributed by atoms with Crippen LogP contribution in [0.3, 0.4) is 0 Å². The van der Waals surface area contributed by atoms with Gasteiger partial charge in [-0.2, -0.15) is 0 Å². The number of rotatable bonds is 3. The molecule has 0 fully saturated rings. The molecule has 0 saturated heterocycles. The maximum Gasteiger partial charge on any atom is 0.125 e. The van der Waals surface area contributed by atoms with Gasteiger partial charge in [0.25, 0.3) is 0 Å². The van der Waals surface area contributed by atoms with Crippen molar-refractivity contribution in [3.8, 4) is 5.69 Å². The van der Waals surface area contributed by atoms with Crippen LogP contribution in [0.25, 0.3) is 16.7 Å². The second-order valence-corrected chi connectivity index (χ2v) is 5.68. The fraction of sp³-hybridized carbons (Fsp3) is 0.188. The standard InChI is InChI=1S/C16H13Cl2FN2/c1-10-2-5-14(12(18)8-10)21-15-9-11(19)3-4-13(15)20-16(21)6-7-17/h2-5,8-9H,6-7H2,1H3. The summed E-state index contributed by atoms with van der Waals surface area (Å²) in [6.07, 6.45) is 0.585. The third kappa shape index (κ3) is 2.63. The molecule has 108 valence electrons. The Morgan fingerprint density at radius 2 is 2.00 bits per heavy atom. The van der Waals surface area contributed by atoms with E-state index in [1.54, 1.807) is 6.07 Å². The number of imidazole rings is 1. The van der Waals surface area contributed by atoms with E-state index < -0.39 is 0 Å². The minimum atomic E-state index is -0.302. The number of aryl methyl sites for hydroxylation is 2. The van der Waals surface area contributed by atoms with E-state index in [0.29, 0.717) is 22.8 Å². The Morgan fingerprint density at radius 3 is 2.71 bits per heavy atom. The van der Waals surface area contributed by atoms with Crippen LogP contribution in [0.4, 0.5) is 4.39 Å². The Morgan fingerprint density at radius 1 is 1.19 bits per heavy atom. The molecule has 2 nitrogen and oxygen atoms in total. The molecule has 0 saturated carbocycles. The van der Waals surface area contributed by atoms with Crippen LogP contribution in [0.2, 0.25) is 5.02 Å². The molecule has 0 spiro atoms. The largest absolute Gasteiger partial charge is 0.295 e. The predicted molar refractivity (Wildman–Crippen MR) is 85.2 cm³/mol. The van der Waals surface area contributed by atoms with Crippen molar-refractivity contribution >= 4 is 34.2 Å². The van der Waals surface area contributed by atoms with Crippen molar-refractivity contribution in [2.75, 3.05) is 5.88 Å². The van der Waals surface area contributed by atoms with E-state index in [2.05, 4.69) is 4.98 Å². The number of alkyl halides is 1. The highest BCUT2D eigenvalue weighted by molar-refractivity contribution is 6.32. The van der Waals surface area contributed by atoms with Crippen molar-refractivity contribution in [2.45, 2.75) is 13.3 Å². The number of fused-ring (bicyclic) bond motifs is 1. The monoisotopic (exact) mass is 322 g/mol. The molecule has 1 aromatic heterocycles. The molecule has 2 aromatic carbocycles. The number of hydrogen-bond acceptors (Lipinski definition) is 1. The zero-order valence-electron chi connectivity index (χ0n) is 11.4. The summed E-state index contributed by atoms with van der Waals surface area (Å²) in [6.45, 7) is 1.97. The van der Waals surface area contributed by atoms with Crippen LogP contribution in [0.5, 0.6) is 0 Å². The Hall–Kier alpha value is -1.58. The van der Waals surface area contributed by atoms with Crippen LogP contribution in [0.1, 0.15) is 11.4 Å². The smallest absolute Gasteiger partial charge is 0.125 e. The van der Waals surface area contributed by atoms with Crippen molar-refractivity contribution in [1.29, 1.82) is 0 Å². The van der Waals surface area contributed by atoms with E-state index in [1.165, 1.54) is 12.1 Å². The maximum absolute atomic E-state index is 13.6. The summed E-state index contributed by atoms with van der Waals surface area (Å²) < 4.78 is 15.5. The lowest BCUT2D eigenvalue weighted by Crippen LogP contribution is -2.03. The van der Waals surface area contributed by atoms with Crippen molar-refractivity contribution < 1.29 is 4.39 Å². The molecule has 0 unspecified atom stereocenters. The minimum absolute atomic E-state index is 0.302. The Labute approximate surface area is 132 Å². The number of benzene rings is 2. The van der Waals surface area contributed by atoms with Gasteiger partial charge in [-0.15, -0.1) is 11.6 Å². The fourth-order valence-corrected chi connectivity index (χ4v) is 2.90. The van der Waals surface area contributed by atoms with Gasteiger partial charge in [0.2, 0.25) is 0 Å². The quantitative estimate of drug-likeness (QED) is 0.626. The average molecular weight is 323 g/mol. The van der Waals surface area contributed by atoms with Gasteiger partial charge in [-0.25, -0.2) is 9.37 Å². The lowest BCUT2D eigenvalue weighted by molar-refractivity contribution is 0.629. The first kappa shape index (κ1) is 14.4. The zero-order chi connectivity index (χ0) is 15.0. The highest BCUT2D eigenvalue weighted by Crippen LogP contribution is 2.28. The second-order valence-electron chi connectivity index (χ2n) is 4.89. The molecule has 0 amide bonds. The van der Waals surface area contributed by atoms with Gasteiger partial charge in [0.15, 0.2) is 0 Å². The minimum Gasteiger partial charge on any atom is -0.295 e. The van der Waals surface area contributed by atoms with Crippen molar-refractivity contribution in [2.24, 2.45) is 0 Å². The SMILES string of the molecule is Cc1ccc(-n2c(CCCl)nc3ccc(F)cc32)c(Cl)c1. The molecule has 3 aromatic rings. The molecule has 0 atom stereocenters. The fourth-order valence-electron chi connectivity index (χ4n) is 2.41. The van der Waals surface area contributed by atoms with Gasteiger partial charge in [-0.3, -0.25) is 4.57 Å². The summed E-state index contributed by atoms with van der Waals surface area (Å²) in [4.78, 5) is 4.54. The molecule has 21 heavy (non-hydrogen) atoms. The molecular formula is C16H13Cl2FN2. The topological polar surface area (TPSA) is 17.8 Å². The van der Waals surface area contributed by atoms with Crippen molar-refractivity contribution in [1.82, 2.24) is 9.55 Å². The van der Waals surface area contributed by atoms with Gasteiger partial charge in [-0.05, 0) is 36.8 Å². The molecule has 1 heterocycles. The third-order valence-corrected chi connectivity index (χ3v) is 3.84. The highest BCUT2D eigenvalue weighted by atomic mass is 35.5. The summed E-state index contributed by atoms with van der Waals surface area (Å²) in [5.74, 6) is 0.913. The Kier molecular flexibility index (Phi) is 3.87. The van der Waals surface area contributed by atoms with Crippen LogP contribution in [0.15, 0.2) is 36.4 Å². The highest BCUT2D eigenvalue weighted by Gasteiger charge is 2.15. The predicted octanol–water partition coefficient (Wildman–Crippen LogP) is 4.91. The lowest BCUT2D eigenvalue weighted by atomic mass is 10.2. The molecular weight excluding hydrogens is 310 g/mol. The molecule has 0 bridgehead atoms. The van der Waals surface area contributed by atoms with E-state index in [9.17, 15) is 4.39 Å². The molecule has 0 N–H and O–H groups in total. The zero-order valence-corrected chi connectivity index (χ0v) is 12.9. The van der Waals surface area contributed by atoms with E-state index in [4.69, 9.17) is 23.2 Å². The summed E-state index contributed by atoms with van der Waals surface area (Å²) in [5, 5.41) is 0.606. The lowest BCUT2D eigenvalue weighted by Gasteiger charge is -2.11.